The molecule has 7 heteroatoms. The van der Waals surface area contributed by atoms with Crippen molar-refractivity contribution in [3.8, 4) is 11.6 Å². The quantitative estimate of drug-likeness (QED) is 0.844. The fraction of sp³-hybridized carbons (Fsp3) is 0.462. The second-order valence-corrected chi connectivity index (χ2v) is 4.31. The van der Waals surface area contributed by atoms with Crippen molar-refractivity contribution in [2.45, 2.75) is 33.2 Å². The molecule has 0 spiro atoms. The lowest BCUT2D eigenvalue weighted by atomic mass is 10.5. The van der Waals surface area contributed by atoms with Gasteiger partial charge in [-0.25, -0.2) is 4.98 Å². The average molecular weight is 279 g/mol. The molecule has 0 amide bonds. The summed E-state index contributed by atoms with van der Waals surface area (Å²) in [6.45, 7) is 5.59. The normalized spacial score (nSPS) is 10.6. The van der Waals surface area contributed by atoms with Crippen LogP contribution < -0.4 is 10.1 Å². The molecule has 0 aliphatic carbocycles. The molecule has 1 N–H and O–H groups in total. The van der Waals surface area contributed by atoms with Gasteiger partial charge >= 0.3 is 0 Å². The van der Waals surface area contributed by atoms with Crippen molar-refractivity contribution in [1.82, 2.24) is 19.7 Å². The lowest BCUT2D eigenvalue weighted by Gasteiger charge is -2.06. The van der Waals surface area contributed by atoms with E-state index in [9.17, 15) is 4.39 Å². The van der Waals surface area contributed by atoms with Gasteiger partial charge < -0.3 is 10.1 Å². The smallest absolute Gasteiger partial charge is 0.260 e. The molecule has 0 aliphatic rings. The number of rotatable bonds is 7. The summed E-state index contributed by atoms with van der Waals surface area (Å²) in [5.41, 5.74) is 0. The van der Waals surface area contributed by atoms with Crippen LogP contribution in [0, 0.1) is 5.82 Å². The van der Waals surface area contributed by atoms with Gasteiger partial charge in [0.25, 0.3) is 5.88 Å². The van der Waals surface area contributed by atoms with Crippen LogP contribution in [-0.4, -0.2) is 26.3 Å². The van der Waals surface area contributed by atoms with E-state index in [1.807, 2.05) is 6.92 Å². The van der Waals surface area contributed by atoms with Crippen LogP contribution in [-0.2, 0) is 6.54 Å². The van der Waals surface area contributed by atoms with E-state index in [0.29, 0.717) is 11.7 Å². The Kier molecular flexibility index (Phi) is 4.86. The van der Waals surface area contributed by atoms with E-state index in [-0.39, 0.29) is 5.88 Å². The van der Waals surface area contributed by atoms with E-state index >= 15 is 0 Å². The Morgan fingerprint density at radius 2 is 2.15 bits per heavy atom. The van der Waals surface area contributed by atoms with Crippen LogP contribution in [0.25, 0.3) is 0 Å². The summed E-state index contributed by atoms with van der Waals surface area (Å²) in [6.07, 6.45) is 6.24. The van der Waals surface area contributed by atoms with Gasteiger partial charge in [-0.1, -0.05) is 13.8 Å². The number of anilines is 1. The Morgan fingerprint density at radius 3 is 2.90 bits per heavy atom. The predicted octanol–water partition coefficient (Wildman–Crippen LogP) is 2.84. The molecule has 0 atom stereocenters. The topological polar surface area (TPSA) is 64.9 Å². The van der Waals surface area contributed by atoms with Crippen molar-refractivity contribution in [2.75, 3.05) is 11.9 Å². The van der Waals surface area contributed by atoms with Crippen LogP contribution in [0.5, 0.6) is 11.6 Å². The Labute approximate surface area is 117 Å². The molecule has 0 unspecified atom stereocenters. The third-order valence-electron chi connectivity index (χ3n) is 2.52. The Morgan fingerprint density at radius 1 is 1.30 bits per heavy atom. The first-order valence-electron chi connectivity index (χ1n) is 6.69. The minimum Gasteiger partial charge on any atom is -0.433 e. The van der Waals surface area contributed by atoms with Gasteiger partial charge in [-0.2, -0.15) is 14.5 Å². The molecule has 0 aliphatic heterocycles. The molecule has 0 saturated carbocycles. The molecular weight excluding hydrogens is 261 g/mol. The largest absolute Gasteiger partial charge is 0.433 e. The molecule has 108 valence electrons. The first-order valence-corrected chi connectivity index (χ1v) is 6.69. The number of ether oxygens (including phenoxy) is 1. The maximum atomic E-state index is 13.6. The highest BCUT2D eigenvalue weighted by Gasteiger charge is 2.10. The first-order chi connectivity index (χ1) is 9.72. The highest BCUT2D eigenvalue weighted by molar-refractivity contribution is 5.30. The molecule has 0 radical (unpaired) electrons. The van der Waals surface area contributed by atoms with Crippen LogP contribution in [0.4, 0.5) is 10.3 Å². The van der Waals surface area contributed by atoms with Crippen LogP contribution in [0.15, 0.2) is 18.6 Å². The molecular formula is C13H18FN5O. The van der Waals surface area contributed by atoms with E-state index in [0.717, 1.165) is 32.1 Å². The van der Waals surface area contributed by atoms with Crippen molar-refractivity contribution in [1.29, 1.82) is 0 Å². The summed E-state index contributed by atoms with van der Waals surface area (Å²) in [4.78, 5) is 7.86. The third-order valence-corrected chi connectivity index (χ3v) is 2.52. The number of hydrogen-bond acceptors (Lipinski definition) is 5. The van der Waals surface area contributed by atoms with Crippen molar-refractivity contribution >= 4 is 5.95 Å². The SMILES string of the molecule is CCCNc1ncc(F)c(Oc2cnn(CCC)c2)n1. The van der Waals surface area contributed by atoms with Gasteiger partial charge in [0.15, 0.2) is 5.75 Å². The van der Waals surface area contributed by atoms with Gasteiger partial charge in [0, 0.05) is 13.1 Å². The molecule has 2 aromatic rings. The monoisotopic (exact) mass is 279 g/mol. The highest BCUT2D eigenvalue weighted by Crippen LogP contribution is 2.22. The zero-order valence-electron chi connectivity index (χ0n) is 11.6. The third kappa shape index (κ3) is 3.66. The summed E-state index contributed by atoms with van der Waals surface area (Å²) in [7, 11) is 0. The summed E-state index contributed by atoms with van der Waals surface area (Å²) >= 11 is 0. The van der Waals surface area contributed by atoms with E-state index in [2.05, 4.69) is 27.3 Å². The average Bonchev–Trinajstić information content (AvgIpc) is 2.87. The zero-order valence-corrected chi connectivity index (χ0v) is 11.6. The molecule has 0 saturated heterocycles. The molecule has 20 heavy (non-hydrogen) atoms. The summed E-state index contributed by atoms with van der Waals surface area (Å²) < 4.78 is 20.8. The Hall–Kier alpha value is -2.18. The van der Waals surface area contributed by atoms with Gasteiger partial charge in [0.1, 0.15) is 0 Å². The van der Waals surface area contributed by atoms with Crippen LogP contribution in [0.3, 0.4) is 0 Å². The number of aromatic nitrogens is 4. The standard InChI is InChI=1S/C13H18FN5O/c1-3-5-15-13-16-8-11(14)12(18-13)20-10-7-17-19(9-10)6-4-2/h7-9H,3-6H2,1-2H3,(H,15,16,18). The van der Waals surface area contributed by atoms with E-state index < -0.39 is 5.82 Å². The van der Waals surface area contributed by atoms with E-state index in [1.165, 1.54) is 6.20 Å². The van der Waals surface area contributed by atoms with Gasteiger partial charge in [0.05, 0.1) is 18.6 Å². The van der Waals surface area contributed by atoms with E-state index in [4.69, 9.17) is 4.74 Å². The maximum Gasteiger partial charge on any atom is 0.260 e. The summed E-state index contributed by atoms with van der Waals surface area (Å²) in [5.74, 6) is 0.103. The molecule has 0 bridgehead atoms. The maximum absolute atomic E-state index is 13.6. The molecule has 0 fully saturated rings. The fourth-order valence-corrected chi connectivity index (χ4v) is 1.61. The molecule has 0 aromatic carbocycles. The number of halogens is 1. The van der Waals surface area contributed by atoms with Gasteiger partial charge in [0.2, 0.25) is 11.8 Å². The van der Waals surface area contributed by atoms with Crippen LogP contribution >= 0.6 is 0 Å². The predicted molar refractivity (Wildman–Crippen MR) is 73.4 cm³/mol. The minimum atomic E-state index is -0.602. The number of aryl methyl sites for hydroxylation is 1. The van der Waals surface area contributed by atoms with Gasteiger partial charge in [-0.05, 0) is 12.8 Å². The van der Waals surface area contributed by atoms with Crippen molar-refractivity contribution in [2.24, 2.45) is 0 Å². The number of nitrogens with one attached hydrogen (secondary N) is 1. The molecule has 6 nitrogen and oxygen atoms in total. The van der Waals surface area contributed by atoms with E-state index in [1.54, 1.807) is 10.9 Å². The van der Waals surface area contributed by atoms with Gasteiger partial charge in [-0.15, -0.1) is 0 Å². The Bertz CT molecular complexity index is 557. The fourth-order valence-electron chi connectivity index (χ4n) is 1.61. The molecule has 2 heterocycles. The Balaban J connectivity index is 2.10. The van der Waals surface area contributed by atoms with Crippen LogP contribution in [0.1, 0.15) is 26.7 Å². The molecule has 2 aromatic heterocycles. The molecule has 2 rings (SSSR count). The number of nitrogens with zero attached hydrogens (tertiary/aromatic N) is 4. The lowest BCUT2D eigenvalue weighted by molar-refractivity contribution is 0.419. The van der Waals surface area contributed by atoms with Crippen molar-refractivity contribution in [3.63, 3.8) is 0 Å². The van der Waals surface area contributed by atoms with Crippen molar-refractivity contribution < 1.29 is 9.13 Å². The number of hydrogen-bond donors (Lipinski definition) is 1. The minimum absolute atomic E-state index is 0.102. The van der Waals surface area contributed by atoms with Gasteiger partial charge in [-0.3, -0.25) is 4.68 Å². The first kappa shape index (κ1) is 14.2. The summed E-state index contributed by atoms with van der Waals surface area (Å²) in [6, 6.07) is 0. The highest BCUT2D eigenvalue weighted by atomic mass is 19.1. The second-order valence-electron chi connectivity index (χ2n) is 4.31. The van der Waals surface area contributed by atoms with Crippen LogP contribution in [0.2, 0.25) is 0 Å². The summed E-state index contributed by atoms with van der Waals surface area (Å²) in [5, 5.41) is 7.10. The van der Waals surface area contributed by atoms with Crippen molar-refractivity contribution in [3.05, 3.63) is 24.4 Å². The second kappa shape index (κ2) is 6.83. The lowest BCUT2D eigenvalue weighted by Crippen LogP contribution is -2.05. The zero-order chi connectivity index (χ0) is 14.4.